The van der Waals surface area contributed by atoms with E-state index in [1.807, 2.05) is 0 Å². The summed E-state index contributed by atoms with van der Waals surface area (Å²) in [6.07, 6.45) is -2.92. The highest BCUT2D eigenvalue weighted by Gasteiger charge is 2.21. The van der Waals surface area contributed by atoms with Crippen LogP contribution in [0.25, 0.3) is 0 Å². The van der Waals surface area contributed by atoms with Crippen LogP contribution in [0.15, 0.2) is 6.07 Å². The average Bonchev–Trinajstić information content (AvgIpc) is 2.27. The maximum Gasteiger partial charge on any atom is 0.356 e. The summed E-state index contributed by atoms with van der Waals surface area (Å²) in [6, 6.07) is 0.783. The standard InChI is InChI=1S/C9H10F2N2O3/c1-16-9(15)5-2-4(8(10)11)7(14)6(3-12)13-5/h2,8,14H,3,12H2,1H3. The van der Waals surface area contributed by atoms with Gasteiger partial charge in [0.2, 0.25) is 0 Å². The van der Waals surface area contributed by atoms with Gasteiger partial charge in [-0.3, -0.25) is 0 Å². The van der Waals surface area contributed by atoms with E-state index in [1.54, 1.807) is 0 Å². The third-order valence-electron chi connectivity index (χ3n) is 1.92. The quantitative estimate of drug-likeness (QED) is 0.758. The number of ether oxygens (including phenoxy) is 1. The highest BCUT2D eigenvalue weighted by Crippen LogP contribution is 2.30. The lowest BCUT2D eigenvalue weighted by molar-refractivity contribution is 0.0593. The van der Waals surface area contributed by atoms with Crippen LogP contribution in [0.3, 0.4) is 0 Å². The summed E-state index contributed by atoms with van der Waals surface area (Å²) in [5, 5.41) is 9.36. The number of alkyl halides is 2. The number of hydrogen-bond acceptors (Lipinski definition) is 5. The minimum absolute atomic E-state index is 0.168. The van der Waals surface area contributed by atoms with Gasteiger partial charge in [-0.1, -0.05) is 0 Å². The number of halogens is 2. The second-order valence-electron chi connectivity index (χ2n) is 2.89. The van der Waals surface area contributed by atoms with Gasteiger partial charge in [-0.25, -0.2) is 18.6 Å². The molecule has 0 fully saturated rings. The van der Waals surface area contributed by atoms with Gasteiger partial charge in [-0.15, -0.1) is 0 Å². The van der Waals surface area contributed by atoms with Gasteiger partial charge in [0.05, 0.1) is 18.4 Å². The van der Waals surface area contributed by atoms with E-state index in [9.17, 15) is 18.7 Å². The normalized spacial score (nSPS) is 10.6. The van der Waals surface area contributed by atoms with E-state index in [2.05, 4.69) is 9.72 Å². The van der Waals surface area contributed by atoms with Crippen molar-refractivity contribution in [2.45, 2.75) is 13.0 Å². The topological polar surface area (TPSA) is 85.4 Å². The number of aromatic hydroxyl groups is 1. The first-order valence-electron chi connectivity index (χ1n) is 4.30. The molecule has 0 aliphatic heterocycles. The van der Waals surface area contributed by atoms with Crippen molar-refractivity contribution in [3.63, 3.8) is 0 Å². The summed E-state index contributed by atoms with van der Waals surface area (Å²) in [5.74, 6) is -1.55. The monoisotopic (exact) mass is 232 g/mol. The number of methoxy groups -OCH3 is 1. The number of nitrogens with zero attached hydrogens (tertiary/aromatic N) is 1. The van der Waals surface area contributed by atoms with Crippen LogP contribution in [-0.2, 0) is 11.3 Å². The molecule has 0 aliphatic carbocycles. The van der Waals surface area contributed by atoms with Crippen LogP contribution in [0.5, 0.6) is 5.75 Å². The fraction of sp³-hybridized carbons (Fsp3) is 0.333. The van der Waals surface area contributed by atoms with Crippen LogP contribution in [-0.4, -0.2) is 23.2 Å². The van der Waals surface area contributed by atoms with E-state index < -0.39 is 23.7 Å². The molecule has 0 amide bonds. The molecule has 5 nitrogen and oxygen atoms in total. The second kappa shape index (κ2) is 4.84. The molecule has 0 bridgehead atoms. The number of pyridine rings is 1. The van der Waals surface area contributed by atoms with Gasteiger partial charge in [-0.2, -0.15) is 0 Å². The van der Waals surface area contributed by atoms with Crippen molar-refractivity contribution in [3.8, 4) is 5.75 Å². The third-order valence-corrected chi connectivity index (χ3v) is 1.92. The molecule has 1 heterocycles. The van der Waals surface area contributed by atoms with E-state index in [0.717, 1.165) is 13.2 Å². The van der Waals surface area contributed by atoms with Crippen molar-refractivity contribution in [1.29, 1.82) is 0 Å². The van der Waals surface area contributed by atoms with Crippen LogP contribution < -0.4 is 5.73 Å². The second-order valence-corrected chi connectivity index (χ2v) is 2.89. The fourth-order valence-electron chi connectivity index (χ4n) is 1.13. The van der Waals surface area contributed by atoms with Crippen molar-refractivity contribution in [2.75, 3.05) is 7.11 Å². The molecule has 0 saturated heterocycles. The maximum atomic E-state index is 12.5. The first-order valence-corrected chi connectivity index (χ1v) is 4.30. The summed E-state index contributed by atoms with van der Waals surface area (Å²) >= 11 is 0. The molecule has 3 N–H and O–H groups in total. The largest absolute Gasteiger partial charge is 0.505 e. The molecule has 0 atom stereocenters. The molecule has 1 aromatic heterocycles. The summed E-state index contributed by atoms with van der Waals surface area (Å²) in [4.78, 5) is 14.7. The molecule has 0 radical (unpaired) electrons. The van der Waals surface area contributed by atoms with E-state index in [0.29, 0.717) is 0 Å². The third kappa shape index (κ3) is 2.25. The number of aromatic nitrogens is 1. The summed E-state index contributed by atoms with van der Waals surface area (Å²) in [5.41, 5.74) is 4.05. The summed E-state index contributed by atoms with van der Waals surface area (Å²) < 4.78 is 29.4. The minimum atomic E-state index is -2.92. The predicted octanol–water partition coefficient (Wildman–Crippen LogP) is 0.970. The molecule has 0 unspecified atom stereocenters. The highest BCUT2D eigenvalue weighted by atomic mass is 19.3. The van der Waals surface area contributed by atoms with Crippen LogP contribution >= 0.6 is 0 Å². The van der Waals surface area contributed by atoms with Gasteiger partial charge < -0.3 is 15.6 Å². The zero-order valence-electron chi connectivity index (χ0n) is 8.41. The van der Waals surface area contributed by atoms with Crippen LogP contribution in [0, 0.1) is 0 Å². The Morgan fingerprint density at radius 3 is 2.75 bits per heavy atom. The van der Waals surface area contributed by atoms with Crippen molar-refractivity contribution in [3.05, 3.63) is 23.0 Å². The smallest absolute Gasteiger partial charge is 0.356 e. The van der Waals surface area contributed by atoms with E-state index in [1.165, 1.54) is 0 Å². The number of carbonyl (C=O) groups excluding carboxylic acids is 1. The number of carbonyl (C=O) groups is 1. The Kier molecular flexibility index (Phi) is 3.73. The van der Waals surface area contributed by atoms with Crippen LogP contribution in [0.1, 0.15) is 28.2 Å². The average molecular weight is 232 g/mol. The maximum absolute atomic E-state index is 12.5. The van der Waals surface area contributed by atoms with Gasteiger partial charge in [-0.05, 0) is 6.07 Å². The Balaban J connectivity index is 3.34. The lowest BCUT2D eigenvalue weighted by Crippen LogP contribution is -2.10. The summed E-state index contributed by atoms with van der Waals surface area (Å²) in [7, 11) is 1.10. The van der Waals surface area contributed by atoms with Crippen molar-refractivity contribution >= 4 is 5.97 Å². The van der Waals surface area contributed by atoms with Gasteiger partial charge in [0.1, 0.15) is 11.4 Å². The van der Waals surface area contributed by atoms with E-state index in [4.69, 9.17) is 5.73 Å². The lowest BCUT2D eigenvalue weighted by atomic mass is 10.1. The Morgan fingerprint density at radius 1 is 1.69 bits per heavy atom. The lowest BCUT2D eigenvalue weighted by Gasteiger charge is -2.09. The molecule has 88 valence electrons. The molecule has 1 rings (SSSR count). The minimum Gasteiger partial charge on any atom is -0.505 e. The Bertz CT molecular complexity index is 410. The number of nitrogens with two attached hydrogens (primary N) is 1. The van der Waals surface area contributed by atoms with Crippen molar-refractivity contribution in [1.82, 2.24) is 4.98 Å². The van der Waals surface area contributed by atoms with Crippen molar-refractivity contribution in [2.24, 2.45) is 5.73 Å². The first kappa shape index (κ1) is 12.3. The van der Waals surface area contributed by atoms with Crippen molar-refractivity contribution < 1.29 is 23.4 Å². The van der Waals surface area contributed by atoms with Gasteiger partial charge in [0.15, 0.2) is 0 Å². The fourth-order valence-corrected chi connectivity index (χ4v) is 1.13. The molecular formula is C9H10F2N2O3. The molecular weight excluding hydrogens is 222 g/mol. The molecule has 0 aromatic carbocycles. The molecule has 0 spiro atoms. The SMILES string of the molecule is COC(=O)c1cc(C(F)F)c(O)c(CN)n1. The van der Waals surface area contributed by atoms with Gasteiger partial charge in [0, 0.05) is 6.54 Å². The molecule has 16 heavy (non-hydrogen) atoms. The zero-order chi connectivity index (χ0) is 12.3. The van der Waals surface area contributed by atoms with Crippen LogP contribution in [0.4, 0.5) is 8.78 Å². The summed E-state index contributed by atoms with van der Waals surface area (Å²) in [6.45, 7) is -0.254. The van der Waals surface area contributed by atoms with Gasteiger partial charge in [0.25, 0.3) is 6.43 Å². The Labute approximate surface area is 89.9 Å². The highest BCUT2D eigenvalue weighted by molar-refractivity contribution is 5.87. The van der Waals surface area contributed by atoms with Gasteiger partial charge >= 0.3 is 5.97 Å². The van der Waals surface area contributed by atoms with Crippen LogP contribution in [0.2, 0.25) is 0 Å². The number of rotatable bonds is 3. The molecule has 0 aliphatic rings. The van der Waals surface area contributed by atoms with E-state index in [-0.39, 0.29) is 17.9 Å². The van der Waals surface area contributed by atoms with E-state index >= 15 is 0 Å². The number of esters is 1. The Morgan fingerprint density at radius 2 is 2.31 bits per heavy atom. The molecule has 0 saturated carbocycles. The number of hydrogen-bond donors (Lipinski definition) is 2. The first-order chi connectivity index (χ1) is 7.51. The predicted molar refractivity (Wildman–Crippen MR) is 50.1 cm³/mol. The zero-order valence-corrected chi connectivity index (χ0v) is 8.41. The molecule has 1 aromatic rings. The molecule has 7 heteroatoms. The Hall–Kier alpha value is -1.76.